The first kappa shape index (κ1) is 23.1. The number of carbonyl (C=O) groups is 1. The number of alkyl halides is 3. The SMILES string of the molecule is COCCNCc1cn(-c2cccc(N3CC(C(=O)OC)C3)c2)c2ccc(C(F)(F)F)cc12. The summed E-state index contributed by atoms with van der Waals surface area (Å²) in [4.78, 5) is 13.8. The van der Waals surface area contributed by atoms with Gasteiger partial charge in [-0.15, -0.1) is 0 Å². The molecule has 1 aliphatic heterocycles. The molecule has 1 N–H and O–H groups in total. The molecule has 6 nitrogen and oxygen atoms in total. The van der Waals surface area contributed by atoms with E-state index < -0.39 is 11.7 Å². The zero-order valence-corrected chi connectivity index (χ0v) is 18.5. The first-order valence-corrected chi connectivity index (χ1v) is 10.7. The number of anilines is 1. The second kappa shape index (κ2) is 9.44. The van der Waals surface area contributed by atoms with Gasteiger partial charge < -0.3 is 24.3 Å². The van der Waals surface area contributed by atoms with E-state index in [1.807, 2.05) is 35.0 Å². The predicted octanol–water partition coefficient (Wildman–Crippen LogP) is 3.99. The largest absolute Gasteiger partial charge is 0.469 e. The summed E-state index contributed by atoms with van der Waals surface area (Å²) in [6, 6.07) is 11.6. The van der Waals surface area contributed by atoms with Crippen molar-refractivity contribution in [2.75, 3.05) is 45.4 Å². The van der Waals surface area contributed by atoms with Crippen molar-refractivity contribution < 1.29 is 27.4 Å². The molecule has 3 aromatic rings. The van der Waals surface area contributed by atoms with Gasteiger partial charge in [-0.3, -0.25) is 4.79 Å². The number of fused-ring (bicyclic) bond motifs is 1. The van der Waals surface area contributed by atoms with Gasteiger partial charge in [-0.25, -0.2) is 0 Å². The van der Waals surface area contributed by atoms with Gasteiger partial charge >= 0.3 is 12.1 Å². The van der Waals surface area contributed by atoms with Crippen LogP contribution in [0.2, 0.25) is 0 Å². The third kappa shape index (κ3) is 4.84. The van der Waals surface area contributed by atoms with Crippen molar-refractivity contribution >= 4 is 22.6 Å². The molecule has 1 aliphatic rings. The third-order valence-corrected chi connectivity index (χ3v) is 5.90. The smallest absolute Gasteiger partial charge is 0.416 e. The standard InChI is InChI=1S/C24H26F3N3O3/c1-32-9-8-28-12-16-15-30(22-7-6-18(10-21(16)22)24(25,26)27)20-5-3-4-19(11-20)29-13-17(14-29)23(31)33-2/h3-7,10-11,15,17,28H,8-9,12-14H2,1-2H3. The van der Waals surface area contributed by atoms with Crippen molar-refractivity contribution in [1.82, 2.24) is 9.88 Å². The number of halogens is 3. The van der Waals surface area contributed by atoms with Crippen LogP contribution in [-0.2, 0) is 27.0 Å². The molecule has 0 spiro atoms. The lowest BCUT2D eigenvalue weighted by atomic mass is 9.99. The van der Waals surface area contributed by atoms with Crippen molar-refractivity contribution in [1.29, 1.82) is 0 Å². The van der Waals surface area contributed by atoms with E-state index >= 15 is 0 Å². The summed E-state index contributed by atoms with van der Waals surface area (Å²) >= 11 is 0. The summed E-state index contributed by atoms with van der Waals surface area (Å²) in [6.07, 6.45) is -2.54. The van der Waals surface area contributed by atoms with Gasteiger partial charge in [-0.1, -0.05) is 6.07 Å². The van der Waals surface area contributed by atoms with E-state index in [9.17, 15) is 18.0 Å². The Hall–Kier alpha value is -3.04. The second-order valence-corrected chi connectivity index (χ2v) is 8.07. The fourth-order valence-corrected chi connectivity index (χ4v) is 4.07. The number of nitrogens with one attached hydrogen (secondary N) is 1. The summed E-state index contributed by atoms with van der Waals surface area (Å²) in [6.45, 7) is 2.67. The maximum Gasteiger partial charge on any atom is 0.416 e. The lowest BCUT2D eigenvalue weighted by Gasteiger charge is -2.39. The lowest BCUT2D eigenvalue weighted by Crippen LogP contribution is -2.50. The molecule has 2 heterocycles. The molecule has 0 atom stereocenters. The number of carbonyl (C=O) groups excluding carboxylic acids is 1. The van der Waals surface area contributed by atoms with Crippen molar-refractivity contribution in [2.45, 2.75) is 12.7 Å². The van der Waals surface area contributed by atoms with Crippen molar-refractivity contribution in [3.8, 4) is 5.69 Å². The van der Waals surface area contributed by atoms with E-state index in [0.717, 1.165) is 23.0 Å². The number of hydrogen-bond acceptors (Lipinski definition) is 5. The fraction of sp³-hybridized carbons (Fsp3) is 0.375. The quantitative estimate of drug-likeness (QED) is 0.406. The molecule has 0 radical (unpaired) electrons. The highest BCUT2D eigenvalue weighted by Gasteiger charge is 2.34. The number of methoxy groups -OCH3 is 2. The van der Waals surface area contributed by atoms with Gasteiger partial charge in [0.1, 0.15) is 0 Å². The number of hydrogen-bond donors (Lipinski definition) is 1. The van der Waals surface area contributed by atoms with Crippen LogP contribution in [0.3, 0.4) is 0 Å². The molecule has 4 rings (SSSR count). The minimum Gasteiger partial charge on any atom is -0.469 e. The van der Waals surface area contributed by atoms with Gasteiger partial charge in [0.2, 0.25) is 0 Å². The number of ether oxygens (including phenoxy) is 2. The van der Waals surface area contributed by atoms with Crippen LogP contribution in [0.4, 0.5) is 18.9 Å². The number of nitrogens with zero attached hydrogens (tertiary/aromatic N) is 2. The zero-order chi connectivity index (χ0) is 23.6. The summed E-state index contributed by atoms with van der Waals surface area (Å²) in [5.41, 5.74) is 2.57. The molecule has 2 aromatic carbocycles. The predicted molar refractivity (Wildman–Crippen MR) is 120 cm³/mol. The highest BCUT2D eigenvalue weighted by molar-refractivity contribution is 5.87. The molecule has 1 aromatic heterocycles. The van der Waals surface area contributed by atoms with E-state index in [1.165, 1.54) is 19.2 Å². The van der Waals surface area contributed by atoms with Gasteiger partial charge in [0.05, 0.1) is 30.7 Å². The zero-order valence-electron chi connectivity index (χ0n) is 18.5. The third-order valence-electron chi connectivity index (χ3n) is 5.90. The number of esters is 1. The number of rotatable bonds is 8. The molecule has 33 heavy (non-hydrogen) atoms. The van der Waals surface area contributed by atoms with Gasteiger partial charge in [0, 0.05) is 56.2 Å². The monoisotopic (exact) mass is 461 g/mol. The topological polar surface area (TPSA) is 55.7 Å². The molecule has 0 amide bonds. The van der Waals surface area contributed by atoms with Gasteiger partial charge in [-0.05, 0) is 42.0 Å². The Kier molecular flexibility index (Phi) is 6.62. The normalized spacial score (nSPS) is 14.5. The second-order valence-electron chi connectivity index (χ2n) is 8.07. The Bertz CT molecular complexity index is 1140. The molecule has 0 saturated carbocycles. The average Bonchev–Trinajstić information content (AvgIpc) is 3.13. The molecule has 1 saturated heterocycles. The summed E-state index contributed by atoms with van der Waals surface area (Å²) in [7, 11) is 2.98. The minimum atomic E-state index is -4.41. The number of benzene rings is 2. The van der Waals surface area contributed by atoms with Crippen LogP contribution in [0.5, 0.6) is 0 Å². The highest BCUT2D eigenvalue weighted by Crippen LogP contribution is 2.35. The van der Waals surface area contributed by atoms with Gasteiger partial charge in [0.15, 0.2) is 0 Å². The molecule has 1 fully saturated rings. The van der Waals surface area contributed by atoms with E-state index in [1.54, 1.807) is 7.11 Å². The average molecular weight is 461 g/mol. The first-order valence-electron chi connectivity index (χ1n) is 10.7. The van der Waals surface area contributed by atoms with E-state index in [2.05, 4.69) is 10.2 Å². The summed E-state index contributed by atoms with van der Waals surface area (Å²) in [5.74, 6) is -0.360. The van der Waals surface area contributed by atoms with Crippen molar-refractivity contribution in [2.24, 2.45) is 5.92 Å². The van der Waals surface area contributed by atoms with Crippen molar-refractivity contribution in [3.05, 3.63) is 59.8 Å². The van der Waals surface area contributed by atoms with Crippen LogP contribution < -0.4 is 10.2 Å². The molecule has 0 aliphatic carbocycles. The number of aromatic nitrogens is 1. The van der Waals surface area contributed by atoms with E-state index in [0.29, 0.717) is 43.7 Å². The van der Waals surface area contributed by atoms with Crippen molar-refractivity contribution in [3.63, 3.8) is 0 Å². The molecular formula is C24H26F3N3O3. The molecule has 0 unspecified atom stereocenters. The Balaban J connectivity index is 1.66. The van der Waals surface area contributed by atoms with E-state index in [4.69, 9.17) is 9.47 Å². The van der Waals surface area contributed by atoms with Crippen LogP contribution in [0.1, 0.15) is 11.1 Å². The van der Waals surface area contributed by atoms with Crippen LogP contribution in [0, 0.1) is 5.92 Å². The Morgan fingerprint density at radius 3 is 2.58 bits per heavy atom. The summed E-state index contributed by atoms with van der Waals surface area (Å²) in [5, 5.41) is 3.77. The maximum absolute atomic E-state index is 13.4. The Morgan fingerprint density at radius 2 is 1.88 bits per heavy atom. The molecule has 0 bridgehead atoms. The van der Waals surface area contributed by atoms with Crippen LogP contribution in [-0.4, -0.2) is 51.0 Å². The van der Waals surface area contributed by atoms with Crippen LogP contribution >= 0.6 is 0 Å². The van der Waals surface area contributed by atoms with Crippen LogP contribution in [0.15, 0.2) is 48.7 Å². The minimum absolute atomic E-state index is 0.142. The van der Waals surface area contributed by atoms with Crippen LogP contribution in [0.25, 0.3) is 16.6 Å². The molecule has 176 valence electrons. The van der Waals surface area contributed by atoms with Gasteiger partial charge in [0.25, 0.3) is 0 Å². The first-order chi connectivity index (χ1) is 15.8. The van der Waals surface area contributed by atoms with Gasteiger partial charge in [-0.2, -0.15) is 13.2 Å². The highest BCUT2D eigenvalue weighted by atomic mass is 19.4. The lowest BCUT2D eigenvalue weighted by molar-refractivity contribution is -0.146. The summed E-state index contributed by atoms with van der Waals surface area (Å²) < 4.78 is 51.8. The fourth-order valence-electron chi connectivity index (χ4n) is 4.07. The molecule has 9 heteroatoms. The molecular weight excluding hydrogens is 435 g/mol. The maximum atomic E-state index is 13.4. The Morgan fingerprint density at radius 1 is 1.12 bits per heavy atom. The Labute approximate surface area is 189 Å². The van der Waals surface area contributed by atoms with E-state index in [-0.39, 0.29) is 11.9 Å².